The average molecular weight is 408 g/mol. The largest absolute Gasteiger partial charge is 0.494 e. The summed E-state index contributed by atoms with van der Waals surface area (Å²) in [7, 11) is -0.840. The van der Waals surface area contributed by atoms with E-state index in [4.69, 9.17) is 9.47 Å². The average Bonchev–Trinajstić information content (AvgIpc) is 3.18. The van der Waals surface area contributed by atoms with Gasteiger partial charge in [0, 0.05) is 59.7 Å². The third-order valence-corrected chi connectivity index (χ3v) is 6.10. The lowest BCUT2D eigenvalue weighted by molar-refractivity contribution is 0.0562. The van der Waals surface area contributed by atoms with E-state index in [-0.39, 0.29) is 12.6 Å². The molecule has 0 radical (unpaired) electrons. The molecule has 1 aliphatic heterocycles. The Hall–Kier alpha value is -1.90. The van der Waals surface area contributed by atoms with E-state index in [0.29, 0.717) is 37.0 Å². The van der Waals surface area contributed by atoms with Gasteiger partial charge in [-0.3, -0.25) is 13.8 Å². The van der Waals surface area contributed by atoms with Gasteiger partial charge in [-0.05, 0) is 38.1 Å². The third-order valence-electron chi connectivity index (χ3n) is 4.78. The predicted molar refractivity (Wildman–Crippen MR) is 109 cm³/mol. The van der Waals surface area contributed by atoms with Gasteiger partial charge in [-0.15, -0.1) is 0 Å². The van der Waals surface area contributed by atoms with Crippen LogP contribution in [0.25, 0.3) is 0 Å². The zero-order chi connectivity index (χ0) is 19.9. The van der Waals surface area contributed by atoms with E-state index in [1.807, 2.05) is 55.2 Å². The van der Waals surface area contributed by atoms with Gasteiger partial charge in [-0.1, -0.05) is 0 Å². The Labute approximate surface area is 168 Å². The highest BCUT2D eigenvalue weighted by atomic mass is 32.2. The van der Waals surface area contributed by atoms with Gasteiger partial charge in [0.05, 0.1) is 12.8 Å². The molecule has 0 bridgehead atoms. The molecule has 154 valence electrons. The molecule has 3 atom stereocenters. The molecule has 1 saturated heterocycles. The molecule has 0 aliphatic carbocycles. The molecule has 1 aliphatic rings. The SMILES string of the molecule is CCOc1ccc(OC[C@H](O)CN2CC[S@](=O)C[C@@H]2c2cnn(CC)c2)cc1. The zero-order valence-electron chi connectivity index (χ0n) is 16.5. The Balaban J connectivity index is 1.56. The van der Waals surface area contributed by atoms with E-state index >= 15 is 0 Å². The smallest absolute Gasteiger partial charge is 0.119 e. The van der Waals surface area contributed by atoms with E-state index < -0.39 is 16.9 Å². The molecule has 0 amide bonds. The van der Waals surface area contributed by atoms with Gasteiger partial charge < -0.3 is 14.6 Å². The van der Waals surface area contributed by atoms with Crippen molar-refractivity contribution in [3.63, 3.8) is 0 Å². The maximum Gasteiger partial charge on any atom is 0.119 e. The first kappa shape index (κ1) is 20.8. The number of aliphatic hydroxyl groups excluding tert-OH is 1. The van der Waals surface area contributed by atoms with Crippen LogP contribution in [0.4, 0.5) is 0 Å². The Kier molecular flexibility index (Phi) is 7.47. The molecule has 2 aromatic rings. The molecule has 1 fully saturated rings. The van der Waals surface area contributed by atoms with Crippen LogP contribution in [0.1, 0.15) is 25.5 Å². The Morgan fingerprint density at radius 2 is 1.96 bits per heavy atom. The summed E-state index contributed by atoms with van der Waals surface area (Å²) < 4.78 is 25.1. The lowest BCUT2D eigenvalue weighted by Gasteiger charge is -2.35. The number of rotatable bonds is 9. The number of benzene rings is 1. The summed E-state index contributed by atoms with van der Waals surface area (Å²) in [5.41, 5.74) is 1.05. The standard InChI is InChI=1S/C20H29N3O4S/c1-3-23-12-16(11-21-23)20-15-28(25)10-9-22(20)13-17(24)14-27-19-7-5-18(6-8-19)26-4-2/h5-8,11-12,17,20,24H,3-4,9-10,13-15H2,1-2H3/t17-,20-,28+/m1/s1. The Bertz CT molecular complexity index is 765. The number of hydrogen-bond acceptors (Lipinski definition) is 6. The van der Waals surface area contributed by atoms with Crippen molar-refractivity contribution >= 4 is 10.8 Å². The summed E-state index contributed by atoms with van der Waals surface area (Å²) >= 11 is 0. The predicted octanol–water partition coefficient (Wildman–Crippen LogP) is 1.85. The van der Waals surface area contributed by atoms with Crippen molar-refractivity contribution < 1.29 is 18.8 Å². The van der Waals surface area contributed by atoms with Gasteiger partial charge in [0.25, 0.3) is 0 Å². The first-order valence-corrected chi connectivity index (χ1v) is 11.2. The van der Waals surface area contributed by atoms with Crippen LogP contribution in [0, 0.1) is 0 Å². The van der Waals surface area contributed by atoms with Crippen molar-refractivity contribution in [3.05, 3.63) is 42.2 Å². The van der Waals surface area contributed by atoms with Crippen LogP contribution in [0.3, 0.4) is 0 Å². The van der Waals surface area contributed by atoms with Crippen molar-refractivity contribution in [1.82, 2.24) is 14.7 Å². The molecule has 7 nitrogen and oxygen atoms in total. The van der Waals surface area contributed by atoms with Gasteiger partial charge in [0.2, 0.25) is 0 Å². The van der Waals surface area contributed by atoms with Gasteiger partial charge in [0.15, 0.2) is 0 Å². The molecule has 8 heteroatoms. The zero-order valence-corrected chi connectivity index (χ0v) is 17.3. The monoisotopic (exact) mass is 407 g/mol. The summed E-state index contributed by atoms with van der Waals surface area (Å²) in [6, 6.07) is 7.39. The van der Waals surface area contributed by atoms with Crippen molar-refractivity contribution in [1.29, 1.82) is 0 Å². The third kappa shape index (κ3) is 5.56. The van der Waals surface area contributed by atoms with Crippen molar-refractivity contribution in [3.8, 4) is 11.5 Å². The summed E-state index contributed by atoms with van der Waals surface area (Å²) in [6.07, 6.45) is 3.21. The summed E-state index contributed by atoms with van der Waals surface area (Å²) in [5.74, 6) is 2.70. The molecule has 2 heterocycles. The van der Waals surface area contributed by atoms with Gasteiger partial charge >= 0.3 is 0 Å². The molecule has 0 saturated carbocycles. The van der Waals surface area contributed by atoms with Crippen LogP contribution in [-0.2, 0) is 17.3 Å². The van der Waals surface area contributed by atoms with Crippen molar-refractivity contribution in [2.45, 2.75) is 32.5 Å². The fourth-order valence-electron chi connectivity index (χ4n) is 3.30. The van der Waals surface area contributed by atoms with Crippen LogP contribution in [0.2, 0.25) is 0 Å². The van der Waals surface area contributed by atoms with Crippen LogP contribution in [0.15, 0.2) is 36.7 Å². The Morgan fingerprint density at radius 3 is 2.61 bits per heavy atom. The molecule has 3 rings (SSSR count). The number of aromatic nitrogens is 2. The molecule has 1 aromatic carbocycles. The highest BCUT2D eigenvalue weighted by molar-refractivity contribution is 7.85. The minimum absolute atomic E-state index is 0.00927. The first-order chi connectivity index (χ1) is 13.6. The number of aliphatic hydroxyl groups is 1. The second-order valence-corrected chi connectivity index (χ2v) is 8.44. The van der Waals surface area contributed by atoms with Crippen LogP contribution >= 0.6 is 0 Å². The maximum absolute atomic E-state index is 12.1. The molecule has 0 spiro atoms. The number of ether oxygens (including phenoxy) is 2. The highest BCUT2D eigenvalue weighted by Crippen LogP contribution is 2.25. The molecule has 28 heavy (non-hydrogen) atoms. The summed E-state index contributed by atoms with van der Waals surface area (Å²) in [5, 5.41) is 14.8. The molecule has 1 N–H and O–H groups in total. The molecule has 0 unspecified atom stereocenters. The van der Waals surface area contributed by atoms with E-state index in [2.05, 4.69) is 10.00 Å². The molecule has 1 aromatic heterocycles. The normalized spacial score (nSPS) is 21.4. The quantitative estimate of drug-likeness (QED) is 0.684. The van der Waals surface area contributed by atoms with Gasteiger partial charge in [-0.2, -0.15) is 5.10 Å². The van der Waals surface area contributed by atoms with E-state index in [9.17, 15) is 9.32 Å². The minimum Gasteiger partial charge on any atom is -0.494 e. The number of nitrogens with zero attached hydrogens (tertiary/aromatic N) is 3. The van der Waals surface area contributed by atoms with Crippen LogP contribution in [0.5, 0.6) is 11.5 Å². The van der Waals surface area contributed by atoms with E-state index in [1.54, 1.807) is 0 Å². The maximum atomic E-state index is 12.1. The van der Waals surface area contributed by atoms with Crippen molar-refractivity contribution in [2.24, 2.45) is 0 Å². The van der Waals surface area contributed by atoms with Gasteiger partial charge in [-0.25, -0.2) is 0 Å². The Morgan fingerprint density at radius 1 is 1.25 bits per heavy atom. The molecular formula is C20H29N3O4S. The van der Waals surface area contributed by atoms with E-state index in [1.165, 1.54) is 0 Å². The number of hydrogen-bond donors (Lipinski definition) is 1. The second-order valence-electron chi connectivity index (χ2n) is 6.82. The van der Waals surface area contributed by atoms with Crippen molar-refractivity contribution in [2.75, 3.05) is 37.8 Å². The summed E-state index contributed by atoms with van der Waals surface area (Å²) in [6.45, 7) is 6.76. The second kappa shape index (κ2) is 10.0. The summed E-state index contributed by atoms with van der Waals surface area (Å²) in [4.78, 5) is 2.19. The number of aryl methyl sites for hydroxylation is 1. The lowest BCUT2D eigenvalue weighted by atomic mass is 10.1. The van der Waals surface area contributed by atoms with Gasteiger partial charge in [0.1, 0.15) is 24.2 Å². The fraction of sp³-hybridized carbons (Fsp3) is 0.550. The highest BCUT2D eigenvalue weighted by Gasteiger charge is 2.30. The number of β-amino-alcohol motifs (C(OH)–C–C–N with tert-alkyl or cyclic N) is 1. The fourth-order valence-corrected chi connectivity index (χ4v) is 4.66. The topological polar surface area (TPSA) is 76.8 Å². The lowest BCUT2D eigenvalue weighted by Crippen LogP contribution is -2.45. The first-order valence-electron chi connectivity index (χ1n) is 9.74. The van der Waals surface area contributed by atoms with E-state index in [0.717, 1.165) is 17.9 Å². The van der Waals surface area contributed by atoms with Crippen LogP contribution in [-0.4, -0.2) is 67.9 Å². The minimum atomic E-state index is -0.840. The van der Waals surface area contributed by atoms with Crippen LogP contribution < -0.4 is 9.47 Å². The molecular weight excluding hydrogens is 378 g/mol.